The Balaban J connectivity index is 1.71. The van der Waals surface area contributed by atoms with Crippen LogP contribution in [0.2, 0.25) is 0 Å². The minimum Gasteiger partial charge on any atom is -0.360 e. The molecule has 3 nitrogen and oxygen atoms in total. The highest BCUT2D eigenvalue weighted by molar-refractivity contribution is 5.80. The monoisotopic (exact) mass is 244 g/mol. The molecule has 18 heavy (non-hydrogen) atoms. The van der Waals surface area contributed by atoms with Crippen LogP contribution >= 0.6 is 0 Å². The molecule has 0 saturated heterocycles. The summed E-state index contributed by atoms with van der Waals surface area (Å²) in [6, 6.07) is 8.70. The van der Waals surface area contributed by atoms with Gasteiger partial charge < -0.3 is 15.0 Å². The maximum absolute atomic E-state index is 5.73. The fraction of sp³-hybridized carbons (Fsp3) is 0.467. The van der Waals surface area contributed by atoms with E-state index < -0.39 is 0 Å². The number of fused-ring (bicyclic) bond motifs is 1. The Labute approximate surface area is 108 Å². The van der Waals surface area contributed by atoms with Crippen molar-refractivity contribution in [2.45, 2.75) is 26.0 Å². The van der Waals surface area contributed by atoms with E-state index in [1.807, 2.05) is 0 Å². The normalized spacial score (nSPS) is 15.4. The maximum atomic E-state index is 5.73. The molecule has 96 valence electrons. The Morgan fingerprint density at radius 3 is 2.94 bits per heavy atom. The molecule has 0 unspecified atom stereocenters. The predicted molar refractivity (Wildman–Crippen MR) is 73.4 cm³/mol. The zero-order valence-corrected chi connectivity index (χ0v) is 10.6. The van der Waals surface area contributed by atoms with Crippen molar-refractivity contribution in [3.8, 4) is 0 Å². The van der Waals surface area contributed by atoms with Gasteiger partial charge in [-0.15, -0.1) is 0 Å². The fourth-order valence-electron chi connectivity index (χ4n) is 2.29. The first-order valence-electron chi connectivity index (χ1n) is 6.72. The quantitative estimate of drug-likeness (QED) is 0.848. The highest BCUT2D eigenvalue weighted by atomic mass is 16.5. The molecule has 0 bridgehead atoms. The zero-order chi connectivity index (χ0) is 12.4. The number of ether oxygens (including phenoxy) is 1. The van der Waals surface area contributed by atoms with Gasteiger partial charge in [-0.25, -0.2) is 0 Å². The van der Waals surface area contributed by atoms with Gasteiger partial charge in [0, 0.05) is 11.7 Å². The van der Waals surface area contributed by atoms with E-state index in [-0.39, 0.29) is 0 Å². The van der Waals surface area contributed by atoms with Crippen LogP contribution in [0.5, 0.6) is 0 Å². The maximum Gasteiger partial charge on any atom is 0.122 e. The van der Waals surface area contributed by atoms with Crippen molar-refractivity contribution in [2.75, 3.05) is 13.2 Å². The molecule has 0 radical (unpaired) electrons. The van der Waals surface area contributed by atoms with Gasteiger partial charge in [0.2, 0.25) is 0 Å². The highest BCUT2D eigenvalue weighted by Gasteiger charge is 2.21. The van der Waals surface area contributed by atoms with Crippen molar-refractivity contribution >= 4 is 10.9 Å². The summed E-state index contributed by atoms with van der Waals surface area (Å²) in [6.07, 6.45) is 5.73. The minimum absolute atomic E-state index is 0.663. The zero-order valence-electron chi connectivity index (χ0n) is 10.6. The van der Waals surface area contributed by atoms with Crippen molar-refractivity contribution in [1.29, 1.82) is 0 Å². The average Bonchev–Trinajstić information content (AvgIpc) is 3.11. The first-order valence-corrected chi connectivity index (χ1v) is 6.72. The number of aromatic nitrogens is 1. The largest absolute Gasteiger partial charge is 0.360 e. The van der Waals surface area contributed by atoms with E-state index in [1.54, 1.807) is 0 Å². The van der Waals surface area contributed by atoms with Gasteiger partial charge in [0.15, 0.2) is 0 Å². The molecule has 1 aromatic carbocycles. The number of nitrogens with zero attached hydrogens (tertiary/aromatic N) is 1. The van der Waals surface area contributed by atoms with E-state index >= 15 is 0 Å². The first-order chi connectivity index (χ1) is 8.86. The van der Waals surface area contributed by atoms with Crippen LogP contribution < -0.4 is 5.73 Å². The van der Waals surface area contributed by atoms with Gasteiger partial charge in [-0.3, -0.25) is 0 Å². The van der Waals surface area contributed by atoms with Crippen LogP contribution in [-0.4, -0.2) is 17.7 Å². The summed E-state index contributed by atoms with van der Waals surface area (Å²) in [5.74, 6) is 0.822. The lowest BCUT2D eigenvalue weighted by Gasteiger charge is -2.07. The second-order valence-corrected chi connectivity index (χ2v) is 5.16. The fourth-order valence-corrected chi connectivity index (χ4v) is 2.29. The van der Waals surface area contributed by atoms with Crippen LogP contribution in [0.3, 0.4) is 0 Å². The summed E-state index contributed by atoms with van der Waals surface area (Å²) in [5.41, 5.74) is 8.13. The summed E-state index contributed by atoms with van der Waals surface area (Å²) >= 11 is 0. The van der Waals surface area contributed by atoms with Crippen molar-refractivity contribution in [2.24, 2.45) is 11.7 Å². The Hall–Kier alpha value is -1.32. The first kappa shape index (κ1) is 11.8. The molecule has 1 aromatic heterocycles. The van der Waals surface area contributed by atoms with E-state index in [4.69, 9.17) is 10.5 Å². The smallest absolute Gasteiger partial charge is 0.122 e. The van der Waals surface area contributed by atoms with E-state index in [0.717, 1.165) is 18.9 Å². The molecule has 3 heteroatoms. The number of rotatable bonds is 6. The van der Waals surface area contributed by atoms with Crippen LogP contribution in [-0.2, 0) is 17.9 Å². The van der Waals surface area contributed by atoms with Gasteiger partial charge >= 0.3 is 0 Å². The number of hydrogen-bond acceptors (Lipinski definition) is 2. The molecule has 0 aliphatic heterocycles. The molecular formula is C15H20N2O. The number of nitrogens with two attached hydrogens (primary N) is 1. The van der Waals surface area contributed by atoms with Crippen LogP contribution in [0.1, 0.15) is 18.4 Å². The predicted octanol–water partition coefficient (Wildman–Crippen LogP) is 2.53. The third-order valence-electron chi connectivity index (χ3n) is 3.55. The second kappa shape index (κ2) is 5.12. The molecule has 1 aliphatic rings. The lowest BCUT2D eigenvalue weighted by Crippen LogP contribution is -2.04. The number of hydrogen-bond donors (Lipinski definition) is 1. The van der Waals surface area contributed by atoms with Crippen LogP contribution in [0.15, 0.2) is 30.5 Å². The van der Waals surface area contributed by atoms with Gasteiger partial charge in [-0.05, 0) is 60.9 Å². The molecule has 2 N–H and O–H groups in total. The molecule has 1 saturated carbocycles. The van der Waals surface area contributed by atoms with Crippen LogP contribution in [0.4, 0.5) is 0 Å². The third-order valence-corrected chi connectivity index (χ3v) is 3.55. The SMILES string of the molecule is NCCc1ccc2c(ccn2COCC2CC2)c1. The molecule has 1 aliphatic carbocycles. The Bertz CT molecular complexity index is 528. The second-order valence-electron chi connectivity index (χ2n) is 5.16. The molecular weight excluding hydrogens is 224 g/mol. The van der Waals surface area contributed by atoms with Crippen molar-refractivity contribution in [3.63, 3.8) is 0 Å². The minimum atomic E-state index is 0.663. The van der Waals surface area contributed by atoms with Gasteiger partial charge in [-0.2, -0.15) is 0 Å². The lowest BCUT2D eigenvalue weighted by atomic mass is 10.1. The summed E-state index contributed by atoms with van der Waals surface area (Å²) < 4.78 is 7.90. The molecule has 3 rings (SSSR count). The van der Waals surface area contributed by atoms with E-state index in [0.29, 0.717) is 13.3 Å². The van der Waals surface area contributed by atoms with Gasteiger partial charge in [-0.1, -0.05) is 6.07 Å². The van der Waals surface area contributed by atoms with Gasteiger partial charge in [0.1, 0.15) is 6.73 Å². The van der Waals surface area contributed by atoms with E-state index in [2.05, 4.69) is 35.0 Å². The van der Waals surface area contributed by atoms with Crippen LogP contribution in [0.25, 0.3) is 10.9 Å². The third kappa shape index (κ3) is 2.57. The van der Waals surface area contributed by atoms with Gasteiger partial charge in [0.05, 0.1) is 6.61 Å². The molecule has 1 fully saturated rings. The summed E-state index contributed by atoms with van der Waals surface area (Å²) in [7, 11) is 0. The molecule has 1 heterocycles. The molecule has 0 spiro atoms. The molecule has 0 amide bonds. The highest BCUT2D eigenvalue weighted by Crippen LogP contribution is 2.29. The number of benzene rings is 1. The summed E-state index contributed by atoms with van der Waals surface area (Å²) in [5, 5.41) is 1.27. The average molecular weight is 244 g/mol. The Morgan fingerprint density at radius 1 is 1.28 bits per heavy atom. The topological polar surface area (TPSA) is 40.2 Å². The van der Waals surface area contributed by atoms with Gasteiger partial charge in [0.25, 0.3) is 0 Å². The molecule has 0 atom stereocenters. The van der Waals surface area contributed by atoms with E-state index in [9.17, 15) is 0 Å². The summed E-state index contributed by atoms with van der Waals surface area (Å²) in [4.78, 5) is 0. The van der Waals surface area contributed by atoms with Crippen LogP contribution in [0, 0.1) is 5.92 Å². The summed E-state index contributed by atoms with van der Waals surface area (Å²) in [6.45, 7) is 2.28. The van der Waals surface area contributed by atoms with E-state index in [1.165, 1.54) is 29.3 Å². The van der Waals surface area contributed by atoms with Crippen molar-refractivity contribution < 1.29 is 4.74 Å². The Kier molecular flexibility index (Phi) is 3.35. The van der Waals surface area contributed by atoms with Crippen molar-refractivity contribution in [3.05, 3.63) is 36.0 Å². The lowest BCUT2D eigenvalue weighted by molar-refractivity contribution is 0.0718. The van der Waals surface area contributed by atoms with Crippen molar-refractivity contribution in [1.82, 2.24) is 4.57 Å². The Morgan fingerprint density at radius 2 is 2.17 bits per heavy atom. The molecule has 2 aromatic rings. The standard InChI is InChI=1S/C15H20N2O/c16-7-5-12-3-4-15-14(9-12)6-8-17(15)11-18-10-13-1-2-13/h3-4,6,8-9,13H,1-2,5,7,10-11,16H2.